The van der Waals surface area contributed by atoms with Crippen LogP contribution in [0.3, 0.4) is 0 Å². The van der Waals surface area contributed by atoms with Crippen LogP contribution in [0.15, 0.2) is 84.4 Å². The number of carbonyl (C=O) groups is 2. The zero-order valence-electron chi connectivity index (χ0n) is 16.1. The van der Waals surface area contributed by atoms with Gasteiger partial charge in [0, 0.05) is 16.3 Å². The summed E-state index contributed by atoms with van der Waals surface area (Å²) in [7, 11) is 1.56. The lowest BCUT2D eigenvalue weighted by atomic mass is 9.95. The maximum atomic E-state index is 13.0. The fourth-order valence-corrected chi connectivity index (χ4v) is 3.77. The number of ketones is 1. The van der Waals surface area contributed by atoms with Crippen LogP contribution >= 0.6 is 11.6 Å². The van der Waals surface area contributed by atoms with Gasteiger partial charge >= 0.3 is 0 Å². The first kappa shape index (κ1) is 19.7. The van der Waals surface area contributed by atoms with Crippen molar-refractivity contribution in [1.29, 1.82) is 0 Å². The Balaban J connectivity index is 1.94. The lowest BCUT2D eigenvalue weighted by molar-refractivity contribution is -0.132. The lowest BCUT2D eigenvalue weighted by Gasteiger charge is -2.25. The van der Waals surface area contributed by atoms with Gasteiger partial charge in [0.1, 0.15) is 11.5 Å². The first-order valence-electron chi connectivity index (χ1n) is 9.27. The number of hydrogen-bond donors (Lipinski definition) is 1. The number of aliphatic hydroxyl groups is 1. The number of para-hydroxylation sites is 1. The van der Waals surface area contributed by atoms with Gasteiger partial charge in [-0.1, -0.05) is 54.1 Å². The number of benzene rings is 3. The zero-order valence-corrected chi connectivity index (χ0v) is 16.8. The minimum atomic E-state index is -0.794. The summed E-state index contributed by atoms with van der Waals surface area (Å²) in [6, 6.07) is 21.7. The average Bonchev–Trinajstić information content (AvgIpc) is 3.04. The molecule has 1 aliphatic rings. The molecule has 6 heteroatoms. The molecule has 3 aromatic carbocycles. The summed E-state index contributed by atoms with van der Waals surface area (Å²) in [5, 5.41) is 11.4. The number of methoxy groups -OCH3 is 1. The second-order valence-corrected chi connectivity index (χ2v) is 7.22. The summed E-state index contributed by atoms with van der Waals surface area (Å²) in [5.74, 6) is -1.08. The van der Waals surface area contributed by atoms with Gasteiger partial charge < -0.3 is 9.84 Å². The predicted octanol–water partition coefficient (Wildman–Crippen LogP) is 4.97. The van der Waals surface area contributed by atoms with Crippen molar-refractivity contribution in [2.24, 2.45) is 0 Å². The second-order valence-electron chi connectivity index (χ2n) is 6.79. The number of aliphatic hydroxyl groups excluding tert-OH is 1. The van der Waals surface area contributed by atoms with Gasteiger partial charge in [-0.15, -0.1) is 0 Å². The molecule has 1 fully saturated rings. The topological polar surface area (TPSA) is 66.8 Å². The minimum Gasteiger partial charge on any atom is -0.507 e. The molecule has 0 spiro atoms. The number of ether oxygens (including phenoxy) is 1. The second kappa shape index (κ2) is 8.05. The van der Waals surface area contributed by atoms with Crippen molar-refractivity contribution in [3.05, 3.63) is 101 Å². The molecule has 3 aromatic rings. The molecule has 1 N–H and O–H groups in total. The molecule has 0 aliphatic carbocycles. The van der Waals surface area contributed by atoms with E-state index in [-0.39, 0.29) is 11.3 Å². The largest absolute Gasteiger partial charge is 0.507 e. The van der Waals surface area contributed by atoms with Gasteiger partial charge in [0.05, 0.1) is 18.7 Å². The average molecular weight is 420 g/mol. The van der Waals surface area contributed by atoms with Crippen LogP contribution in [0, 0.1) is 0 Å². The summed E-state index contributed by atoms with van der Waals surface area (Å²) in [6.45, 7) is 0. The van der Waals surface area contributed by atoms with Crippen molar-refractivity contribution in [1.82, 2.24) is 0 Å². The fourth-order valence-electron chi connectivity index (χ4n) is 3.58. The smallest absolute Gasteiger partial charge is 0.300 e. The molecule has 0 bridgehead atoms. The summed E-state index contributed by atoms with van der Waals surface area (Å²) in [4.78, 5) is 27.4. The Labute approximate surface area is 178 Å². The lowest BCUT2D eigenvalue weighted by Crippen LogP contribution is -2.29. The van der Waals surface area contributed by atoms with Crippen LogP contribution in [0.4, 0.5) is 5.69 Å². The molecule has 1 amide bonds. The SMILES string of the molecule is COc1ccc(C2/C(=C(/O)c3cccc(Cl)c3)C(=O)C(=O)N2c2ccccc2)cc1. The highest BCUT2D eigenvalue weighted by molar-refractivity contribution is 6.51. The molecular weight excluding hydrogens is 402 g/mol. The highest BCUT2D eigenvalue weighted by atomic mass is 35.5. The number of nitrogens with zero attached hydrogens (tertiary/aromatic N) is 1. The fraction of sp³-hybridized carbons (Fsp3) is 0.0833. The molecule has 30 heavy (non-hydrogen) atoms. The molecule has 1 heterocycles. The molecule has 1 aliphatic heterocycles. The third kappa shape index (κ3) is 3.44. The molecule has 150 valence electrons. The number of amides is 1. The number of anilines is 1. The van der Waals surface area contributed by atoms with E-state index in [1.165, 1.54) is 4.90 Å². The van der Waals surface area contributed by atoms with E-state index < -0.39 is 17.7 Å². The monoisotopic (exact) mass is 419 g/mol. The third-order valence-corrected chi connectivity index (χ3v) is 5.24. The van der Waals surface area contributed by atoms with Crippen molar-refractivity contribution in [2.45, 2.75) is 6.04 Å². The molecule has 1 saturated heterocycles. The minimum absolute atomic E-state index is 0.0105. The van der Waals surface area contributed by atoms with E-state index in [0.29, 0.717) is 27.6 Å². The molecule has 0 radical (unpaired) electrons. The van der Waals surface area contributed by atoms with Crippen molar-refractivity contribution >= 4 is 34.7 Å². The van der Waals surface area contributed by atoms with E-state index in [2.05, 4.69) is 0 Å². The van der Waals surface area contributed by atoms with E-state index >= 15 is 0 Å². The Hall–Kier alpha value is -3.57. The van der Waals surface area contributed by atoms with Crippen molar-refractivity contribution in [3.63, 3.8) is 0 Å². The molecular formula is C24H18ClNO4. The highest BCUT2D eigenvalue weighted by Crippen LogP contribution is 2.42. The van der Waals surface area contributed by atoms with E-state index in [1.54, 1.807) is 79.9 Å². The quantitative estimate of drug-likeness (QED) is 0.368. The van der Waals surface area contributed by atoms with E-state index in [1.807, 2.05) is 6.07 Å². The summed E-state index contributed by atoms with van der Waals surface area (Å²) in [6.07, 6.45) is 0. The molecule has 1 atom stereocenters. The van der Waals surface area contributed by atoms with Crippen molar-refractivity contribution < 1.29 is 19.4 Å². The van der Waals surface area contributed by atoms with E-state index in [9.17, 15) is 14.7 Å². The van der Waals surface area contributed by atoms with Crippen LogP contribution in [-0.4, -0.2) is 23.9 Å². The summed E-state index contributed by atoms with van der Waals surface area (Å²) < 4.78 is 5.22. The van der Waals surface area contributed by atoms with E-state index in [4.69, 9.17) is 16.3 Å². The molecule has 0 aromatic heterocycles. The first-order valence-corrected chi connectivity index (χ1v) is 9.65. The Morgan fingerprint density at radius 3 is 2.30 bits per heavy atom. The van der Waals surface area contributed by atoms with Crippen LogP contribution < -0.4 is 9.64 Å². The number of hydrogen-bond acceptors (Lipinski definition) is 4. The third-order valence-electron chi connectivity index (χ3n) is 5.01. The van der Waals surface area contributed by atoms with Crippen LogP contribution in [0.25, 0.3) is 5.76 Å². The van der Waals surface area contributed by atoms with E-state index in [0.717, 1.165) is 0 Å². The van der Waals surface area contributed by atoms with Gasteiger partial charge in [0.25, 0.3) is 11.7 Å². The number of carbonyl (C=O) groups excluding carboxylic acids is 2. The standard InChI is InChI=1S/C24H18ClNO4/c1-30-19-12-10-15(11-13-19)21-20(22(27)16-6-5-7-17(25)14-16)23(28)24(29)26(21)18-8-3-2-4-9-18/h2-14,21,27H,1H3/b22-20-. The van der Waals surface area contributed by atoms with Crippen molar-refractivity contribution in [3.8, 4) is 5.75 Å². The van der Waals surface area contributed by atoms with Gasteiger partial charge in [-0.05, 0) is 42.0 Å². The van der Waals surface area contributed by atoms with Gasteiger partial charge in [-0.3, -0.25) is 14.5 Å². The normalized spacial score (nSPS) is 17.9. The van der Waals surface area contributed by atoms with Gasteiger partial charge in [0.2, 0.25) is 0 Å². The Morgan fingerprint density at radius 2 is 1.67 bits per heavy atom. The highest BCUT2D eigenvalue weighted by Gasteiger charge is 2.46. The summed E-state index contributed by atoms with van der Waals surface area (Å²) in [5.41, 5.74) is 1.61. The van der Waals surface area contributed by atoms with Crippen LogP contribution in [0.5, 0.6) is 5.75 Å². The first-order chi connectivity index (χ1) is 14.5. The molecule has 1 unspecified atom stereocenters. The zero-order chi connectivity index (χ0) is 21.3. The maximum Gasteiger partial charge on any atom is 0.300 e. The van der Waals surface area contributed by atoms with Crippen LogP contribution in [0.2, 0.25) is 5.02 Å². The number of halogens is 1. The number of Topliss-reactive ketones (excluding diaryl/α,β-unsaturated/α-hetero) is 1. The molecule has 4 rings (SSSR count). The maximum absolute atomic E-state index is 13.0. The molecule has 5 nitrogen and oxygen atoms in total. The van der Waals surface area contributed by atoms with Gasteiger partial charge in [-0.2, -0.15) is 0 Å². The van der Waals surface area contributed by atoms with Crippen LogP contribution in [-0.2, 0) is 9.59 Å². The number of rotatable bonds is 4. The predicted molar refractivity (Wildman–Crippen MR) is 116 cm³/mol. The summed E-state index contributed by atoms with van der Waals surface area (Å²) >= 11 is 6.06. The Bertz CT molecular complexity index is 1140. The van der Waals surface area contributed by atoms with Crippen molar-refractivity contribution in [2.75, 3.05) is 12.0 Å². The molecule has 0 saturated carbocycles. The Morgan fingerprint density at radius 1 is 0.967 bits per heavy atom. The van der Waals surface area contributed by atoms with Gasteiger partial charge in [-0.25, -0.2) is 0 Å². The van der Waals surface area contributed by atoms with Crippen LogP contribution in [0.1, 0.15) is 17.2 Å². The van der Waals surface area contributed by atoms with Gasteiger partial charge in [0.15, 0.2) is 0 Å². The Kier molecular flexibility index (Phi) is 5.29.